The van der Waals surface area contributed by atoms with Crippen molar-refractivity contribution < 1.29 is 9.59 Å². The molecule has 0 N–H and O–H groups in total. The first-order valence-electron chi connectivity index (χ1n) is 8.31. The molecule has 2 heterocycles. The summed E-state index contributed by atoms with van der Waals surface area (Å²) in [5.74, 6) is -0.582. The van der Waals surface area contributed by atoms with Crippen LogP contribution < -0.4 is 0 Å². The molecule has 2 aromatic carbocycles. The average Bonchev–Trinajstić information content (AvgIpc) is 3.08. The maximum absolute atomic E-state index is 12.7. The third kappa shape index (κ3) is 2.34. The van der Waals surface area contributed by atoms with Crippen molar-refractivity contribution >= 4 is 11.8 Å². The van der Waals surface area contributed by atoms with E-state index in [1.54, 1.807) is 7.05 Å². The van der Waals surface area contributed by atoms with Crippen LogP contribution in [-0.4, -0.2) is 35.2 Å². The van der Waals surface area contributed by atoms with Gasteiger partial charge in [-0.05, 0) is 11.1 Å². The zero-order valence-electron chi connectivity index (χ0n) is 13.6. The number of fused-ring (bicyclic) bond motifs is 1. The maximum Gasteiger partial charge on any atom is 0.234 e. The van der Waals surface area contributed by atoms with Gasteiger partial charge in [0.25, 0.3) is 0 Å². The molecule has 3 atom stereocenters. The number of hydrogen-bond acceptors (Lipinski definition) is 3. The summed E-state index contributed by atoms with van der Waals surface area (Å²) in [6, 6.07) is 20.3. The molecular weight excluding hydrogens is 300 g/mol. The molecule has 2 aliphatic heterocycles. The van der Waals surface area contributed by atoms with E-state index in [9.17, 15) is 9.59 Å². The first-order valence-corrected chi connectivity index (χ1v) is 8.31. The summed E-state index contributed by atoms with van der Waals surface area (Å²) < 4.78 is 0. The van der Waals surface area contributed by atoms with Crippen molar-refractivity contribution in [3.63, 3.8) is 0 Å². The average molecular weight is 320 g/mol. The number of nitrogens with zero attached hydrogens (tertiary/aromatic N) is 2. The highest BCUT2D eigenvalue weighted by Crippen LogP contribution is 2.46. The summed E-state index contributed by atoms with van der Waals surface area (Å²) in [5, 5.41) is 0. The fourth-order valence-electron chi connectivity index (χ4n) is 4.10. The van der Waals surface area contributed by atoms with Gasteiger partial charge in [-0.25, -0.2) is 0 Å². The normalized spacial score (nSPS) is 26.9. The largest absolute Gasteiger partial charge is 0.290 e. The summed E-state index contributed by atoms with van der Waals surface area (Å²) >= 11 is 0. The maximum atomic E-state index is 12.7. The van der Waals surface area contributed by atoms with E-state index in [0.29, 0.717) is 6.54 Å². The zero-order valence-corrected chi connectivity index (χ0v) is 13.6. The molecule has 24 heavy (non-hydrogen) atoms. The quantitative estimate of drug-likeness (QED) is 0.816. The first kappa shape index (κ1) is 15.1. The lowest BCUT2D eigenvalue weighted by atomic mass is 9.89. The van der Waals surface area contributed by atoms with Crippen LogP contribution in [0.1, 0.15) is 17.2 Å². The number of rotatable bonds is 3. The number of carbonyl (C=O) groups excluding carboxylic acids is 2. The number of likely N-dealkylation sites (tertiary alicyclic amines) is 2. The summed E-state index contributed by atoms with van der Waals surface area (Å²) in [4.78, 5) is 28.7. The summed E-state index contributed by atoms with van der Waals surface area (Å²) in [6.07, 6.45) is 0. The van der Waals surface area contributed by atoms with Gasteiger partial charge in [0, 0.05) is 26.2 Å². The first-order chi connectivity index (χ1) is 11.7. The van der Waals surface area contributed by atoms with Gasteiger partial charge >= 0.3 is 0 Å². The number of hydrogen-bond donors (Lipinski definition) is 0. The van der Waals surface area contributed by atoms with Crippen molar-refractivity contribution in [2.45, 2.75) is 12.6 Å². The van der Waals surface area contributed by atoms with E-state index in [0.717, 1.165) is 12.1 Å². The van der Waals surface area contributed by atoms with E-state index in [1.807, 2.05) is 36.4 Å². The van der Waals surface area contributed by atoms with E-state index < -0.39 is 0 Å². The molecule has 4 nitrogen and oxygen atoms in total. The van der Waals surface area contributed by atoms with Gasteiger partial charge in [0.1, 0.15) is 0 Å². The van der Waals surface area contributed by atoms with Gasteiger partial charge in [0.05, 0.1) is 11.8 Å². The smallest absolute Gasteiger partial charge is 0.234 e. The topological polar surface area (TPSA) is 40.6 Å². The lowest BCUT2D eigenvalue weighted by Crippen LogP contribution is -2.34. The monoisotopic (exact) mass is 320 g/mol. The standard InChI is InChI=1S/C20H20N2O2/c1-21-19(23)16-13-22(12-14-8-4-2-5-9-14)18(17(16)20(21)24)15-10-6-3-7-11-15/h2-11,16-18H,12-13H2,1H3/t16-,17+,18+/m1/s1. The van der Waals surface area contributed by atoms with Crippen LogP contribution >= 0.6 is 0 Å². The minimum absolute atomic E-state index is 0.0403. The van der Waals surface area contributed by atoms with Crippen LogP contribution in [-0.2, 0) is 16.1 Å². The highest BCUT2D eigenvalue weighted by molar-refractivity contribution is 6.05. The second kappa shape index (κ2) is 5.87. The summed E-state index contributed by atoms with van der Waals surface area (Å²) in [7, 11) is 1.60. The molecule has 2 saturated heterocycles. The van der Waals surface area contributed by atoms with Crippen molar-refractivity contribution in [1.29, 1.82) is 0 Å². The number of carbonyl (C=O) groups is 2. The molecule has 0 bridgehead atoms. The minimum Gasteiger partial charge on any atom is -0.290 e. The highest BCUT2D eigenvalue weighted by Gasteiger charge is 2.56. The van der Waals surface area contributed by atoms with Crippen LogP contribution in [0.4, 0.5) is 0 Å². The van der Waals surface area contributed by atoms with Crippen molar-refractivity contribution in [2.24, 2.45) is 11.8 Å². The fourth-order valence-corrected chi connectivity index (χ4v) is 4.10. The van der Waals surface area contributed by atoms with Crippen LogP contribution in [0.2, 0.25) is 0 Å². The Morgan fingerprint density at radius 2 is 1.54 bits per heavy atom. The SMILES string of the molecule is CN1C(=O)[C@H]2[C@@H](CN(Cc3ccccc3)[C@H]2c2ccccc2)C1=O. The lowest BCUT2D eigenvalue weighted by molar-refractivity contribution is -0.139. The third-order valence-electron chi connectivity index (χ3n) is 5.23. The molecule has 2 amide bonds. The molecule has 0 radical (unpaired) electrons. The zero-order chi connectivity index (χ0) is 16.7. The van der Waals surface area contributed by atoms with E-state index in [1.165, 1.54) is 10.5 Å². The van der Waals surface area contributed by atoms with E-state index >= 15 is 0 Å². The van der Waals surface area contributed by atoms with Crippen molar-refractivity contribution in [3.8, 4) is 0 Å². The Morgan fingerprint density at radius 3 is 2.21 bits per heavy atom. The predicted molar refractivity (Wildman–Crippen MR) is 90.8 cm³/mol. The van der Waals surface area contributed by atoms with E-state index in [2.05, 4.69) is 29.2 Å². The molecule has 2 fully saturated rings. The van der Waals surface area contributed by atoms with Gasteiger partial charge in [-0.15, -0.1) is 0 Å². The van der Waals surface area contributed by atoms with Gasteiger partial charge in [0.15, 0.2) is 0 Å². The molecule has 0 aromatic heterocycles. The summed E-state index contributed by atoms with van der Waals surface area (Å²) in [5.41, 5.74) is 2.31. The fraction of sp³-hybridized carbons (Fsp3) is 0.300. The lowest BCUT2D eigenvalue weighted by Gasteiger charge is -2.28. The van der Waals surface area contributed by atoms with Crippen molar-refractivity contribution in [2.75, 3.05) is 13.6 Å². The van der Waals surface area contributed by atoms with Crippen LogP contribution in [0.3, 0.4) is 0 Å². The Bertz CT molecular complexity index is 760. The van der Waals surface area contributed by atoms with E-state index in [-0.39, 0.29) is 29.7 Å². The Balaban J connectivity index is 1.71. The van der Waals surface area contributed by atoms with Crippen LogP contribution in [0.5, 0.6) is 0 Å². The molecule has 0 unspecified atom stereocenters. The van der Waals surface area contributed by atoms with Crippen molar-refractivity contribution in [3.05, 3.63) is 71.8 Å². The Morgan fingerprint density at radius 1 is 0.917 bits per heavy atom. The Kier molecular flexibility index (Phi) is 3.69. The Hall–Kier alpha value is -2.46. The molecule has 4 rings (SSSR count). The molecule has 122 valence electrons. The second-order valence-electron chi connectivity index (χ2n) is 6.64. The minimum atomic E-state index is -0.270. The second-order valence-corrected chi connectivity index (χ2v) is 6.64. The molecular formula is C20H20N2O2. The van der Waals surface area contributed by atoms with E-state index in [4.69, 9.17) is 0 Å². The molecule has 0 saturated carbocycles. The highest BCUT2D eigenvalue weighted by atomic mass is 16.2. The third-order valence-corrected chi connectivity index (χ3v) is 5.23. The van der Waals surface area contributed by atoms with Crippen molar-refractivity contribution in [1.82, 2.24) is 9.80 Å². The van der Waals surface area contributed by atoms with Gasteiger partial charge < -0.3 is 0 Å². The van der Waals surface area contributed by atoms with Gasteiger partial charge in [-0.1, -0.05) is 60.7 Å². The number of benzene rings is 2. The predicted octanol–water partition coefficient (Wildman–Crippen LogP) is 2.47. The van der Waals surface area contributed by atoms with Gasteiger partial charge in [0.2, 0.25) is 11.8 Å². The Labute approximate surface area is 141 Å². The number of amides is 2. The molecule has 4 heteroatoms. The molecule has 0 spiro atoms. The van der Waals surface area contributed by atoms with Crippen LogP contribution in [0.25, 0.3) is 0 Å². The molecule has 2 aliphatic rings. The number of imide groups is 1. The molecule has 0 aliphatic carbocycles. The van der Waals surface area contributed by atoms with Crippen LogP contribution in [0.15, 0.2) is 60.7 Å². The van der Waals surface area contributed by atoms with Gasteiger partial charge in [-0.3, -0.25) is 19.4 Å². The van der Waals surface area contributed by atoms with Gasteiger partial charge in [-0.2, -0.15) is 0 Å². The van der Waals surface area contributed by atoms with Crippen LogP contribution in [0, 0.1) is 11.8 Å². The summed E-state index contributed by atoms with van der Waals surface area (Å²) in [6.45, 7) is 1.38. The molecule has 2 aromatic rings.